The Bertz CT molecular complexity index is 335. The molecule has 0 bridgehead atoms. The molecule has 0 spiro atoms. The van der Waals surface area contributed by atoms with Gasteiger partial charge in [0.25, 0.3) is 0 Å². The molecule has 0 radical (unpaired) electrons. The lowest BCUT2D eigenvalue weighted by Gasteiger charge is -2.27. The molecule has 0 saturated heterocycles. The molecule has 1 rings (SSSR count). The molecule has 0 amide bonds. The topological polar surface area (TPSA) is 37.8 Å². The van der Waals surface area contributed by atoms with E-state index in [0.29, 0.717) is 5.88 Å². The molecule has 0 aromatic carbocycles. The first-order valence-electron chi connectivity index (χ1n) is 5.15. The number of anilines is 1. The van der Waals surface area contributed by atoms with Crippen LogP contribution in [0.25, 0.3) is 0 Å². The number of hydrogen-bond donors (Lipinski definition) is 1. The first-order chi connectivity index (χ1) is 7.00. The molecule has 1 aromatic heterocycles. The average molecular weight is 228 g/mol. The van der Waals surface area contributed by atoms with Crippen LogP contribution >= 0.6 is 11.6 Å². The van der Waals surface area contributed by atoms with E-state index in [1.165, 1.54) is 0 Å². The summed E-state index contributed by atoms with van der Waals surface area (Å²) in [6.45, 7) is 8.09. The van der Waals surface area contributed by atoms with Crippen molar-refractivity contribution < 1.29 is 0 Å². The molecule has 0 aliphatic rings. The zero-order valence-electron chi connectivity index (χ0n) is 9.76. The largest absolute Gasteiger partial charge is 0.362 e. The molecule has 15 heavy (non-hydrogen) atoms. The Kier molecular flexibility index (Phi) is 3.91. The summed E-state index contributed by atoms with van der Waals surface area (Å²) in [6.07, 6.45) is 2.70. The highest BCUT2D eigenvalue weighted by Crippen LogP contribution is 2.18. The number of nitrogens with one attached hydrogen (secondary N) is 1. The van der Waals surface area contributed by atoms with E-state index in [9.17, 15) is 0 Å². The van der Waals surface area contributed by atoms with E-state index < -0.39 is 0 Å². The third-order valence-electron chi connectivity index (χ3n) is 2.70. The van der Waals surface area contributed by atoms with Crippen LogP contribution in [0.4, 0.5) is 5.82 Å². The van der Waals surface area contributed by atoms with E-state index in [0.717, 1.165) is 23.6 Å². The Morgan fingerprint density at radius 2 is 2.07 bits per heavy atom. The van der Waals surface area contributed by atoms with Gasteiger partial charge in [-0.05, 0) is 27.2 Å². The van der Waals surface area contributed by atoms with Gasteiger partial charge in [0, 0.05) is 11.4 Å². The lowest BCUT2D eigenvalue weighted by Crippen LogP contribution is -2.36. The molecule has 3 nitrogen and oxygen atoms in total. The Morgan fingerprint density at radius 1 is 1.40 bits per heavy atom. The van der Waals surface area contributed by atoms with Crippen molar-refractivity contribution in [2.45, 2.75) is 39.7 Å². The van der Waals surface area contributed by atoms with Crippen LogP contribution in [0.3, 0.4) is 0 Å². The van der Waals surface area contributed by atoms with Gasteiger partial charge in [-0.2, -0.15) is 0 Å². The predicted molar refractivity (Wildman–Crippen MR) is 64.5 cm³/mol. The highest BCUT2D eigenvalue weighted by Gasteiger charge is 2.20. The highest BCUT2D eigenvalue weighted by atomic mass is 35.5. The molecule has 4 heteroatoms. The fourth-order valence-electron chi connectivity index (χ4n) is 1.13. The monoisotopic (exact) mass is 227 g/mol. The van der Waals surface area contributed by atoms with Crippen molar-refractivity contribution in [1.82, 2.24) is 9.97 Å². The van der Waals surface area contributed by atoms with E-state index in [2.05, 4.69) is 29.1 Å². The van der Waals surface area contributed by atoms with Gasteiger partial charge in [0.05, 0.1) is 17.6 Å². The van der Waals surface area contributed by atoms with Gasteiger partial charge in [0.2, 0.25) is 0 Å². The normalized spacial score (nSPS) is 14.7. The van der Waals surface area contributed by atoms with Crippen molar-refractivity contribution in [3.8, 4) is 0 Å². The van der Waals surface area contributed by atoms with Gasteiger partial charge in [-0.3, -0.25) is 4.98 Å². The Morgan fingerprint density at radius 3 is 2.53 bits per heavy atom. The summed E-state index contributed by atoms with van der Waals surface area (Å²) < 4.78 is 0. The van der Waals surface area contributed by atoms with E-state index in [1.54, 1.807) is 6.20 Å². The number of aryl methyl sites for hydroxylation is 2. The van der Waals surface area contributed by atoms with Crippen LogP contribution in [0.2, 0.25) is 0 Å². The summed E-state index contributed by atoms with van der Waals surface area (Å²) in [5.41, 5.74) is 1.80. The average Bonchev–Trinajstić information content (AvgIpc) is 2.23. The molecule has 1 unspecified atom stereocenters. The van der Waals surface area contributed by atoms with E-state index in [-0.39, 0.29) is 5.54 Å². The van der Waals surface area contributed by atoms with E-state index in [4.69, 9.17) is 11.6 Å². The molecule has 1 N–H and O–H groups in total. The van der Waals surface area contributed by atoms with Gasteiger partial charge >= 0.3 is 0 Å². The summed E-state index contributed by atoms with van der Waals surface area (Å²) in [4.78, 5) is 8.68. The maximum Gasteiger partial charge on any atom is 0.145 e. The van der Waals surface area contributed by atoms with Crippen molar-refractivity contribution in [2.24, 2.45) is 0 Å². The van der Waals surface area contributed by atoms with Crippen LogP contribution in [-0.2, 0) is 0 Å². The number of hydrogen-bond acceptors (Lipinski definition) is 3. The van der Waals surface area contributed by atoms with Crippen LogP contribution in [0.15, 0.2) is 6.20 Å². The minimum Gasteiger partial charge on any atom is -0.362 e. The van der Waals surface area contributed by atoms with Crippen LogP contribution in [0.1, 0.15) is 31.7 Å². The van der Waals surface area contributed by atoms with Crippen LogP contribution < -0.4 is 5.32 Å². The summed E-state index contributed by atoms with van der Waals surface area (Å²) in [5, 5.41) is 3.32. The highest BCUT2D eigenvalue weighted by molar-refractivity contribution is 6.18. The predicted octanol–water partition coefficient (Wildman–Crippen LogP) is 2.91. The Labute approximate surface area is 96.3 Å². The van der Waals surface area contributed by atoms with E-state index in [1.807, 2.05) is 13.8 Å². The molecule has 84 valence electrons. The van der Waals surface area contributed by atoms with Crippen molar-refractivity contribution in [2.75, 3.05) is 11.2 Å². The van der Waals surface area contributed by atoms with E-state index >= 15 is 0 Å². The fourth-order valence-corrected chi connectivity index (χ4v) is 1.38. The van der Waals surface area contributed by atoms with Gasteiger partial charge in [0.1, 0.15) is 5.82 Å². The number of aromatic nitrogens is 2. The molecule has 1 aromatic rings. The third-order valence-corrected chi connectivity index (χ3v) is 3.29. The summed E-state index contributed by atoms with van der Waals surface area (Å²) >= 11 is 5.92. The van der Waals surface area contributed by atoms with Crippen molar-refractivity contribution >= 4 is 17.4 Å². The Balaban J connectivity index is 2.85. The molecule has 0 saturated carbocycles. The minimum absolute atomic E-state index is 0.113. The molecule has 1 heterocycles. The molecule has 0 fully saturated rings. The third kappa shape index (κ3) is 3.06. The first kappa shape index (κ1) is 12.2. The van der Waals surface area contributed by atoms with Gasteiger partial charge in [-0.25, -0.2) is 4.98 Å². The number of halogens is 1. The van der Waals surface area contributed by atoms with Gasteiger partial charge in [-0.15, -0.1) is 11.6 Å². The zero-order valence-corrected chi connectivity index (χ0v) is 10.5. The summed E-state index contributed by atoms with van der Waals surface area (Å²) in [6, 6.07) is 0. The second-order valence-corrected chi connectivity index (χ2v) is 4.37. The molecular weight excluding hydrogens is 210 g/mol. The smallest absolute Gasteiger partial charge is 0.145 e. The lowest BCUT2D eigenvalue weighted by atomic mass is 10.0. The number of nitrogens with zero attached hydrogens (tertiary/aromatic N) is 2. The first-order valence-corrected chi connectivity index (χ1v) is 5.68. The van der Waals surface area contributed by atoms with Crippen molar-refractivity contribution in [3.63, 3.8) is 0 Å². The Hall–Kier alpha value is -0.830. The second-order valence-electron chi connectivity index (χ2n) is 4.10. The molecule has 0 aliphatic carbocycles. The number of alkyl halides is 1. The lowest BCUT2D eigenvalue weighted by molar-refractivity contribution is 0.550. The van der Waals surface area contributed by atoms with Crippen LogP contribution in [-0.4, -0.2) is 21.4 Å². The van der Waals surface area contributed by atoms with Crippen molar-refractivity contribution in [1.29, 1.82) is 0 Å². The van der Waals surface area contributed by atoms with Crippen LogP contribution in [0, 0.1) is 13.8 Å². The minimum atomic E-state index is -0.113. The molecule has 0 aliphatic heterocycles. The summed E-state index contributed by atoms with van der Waals surface area (Å²) in [7, 11) is 0. The summed E-state index contributed by atoms with van der Waals surface area (Å²) in [5.74, 6) is 1.35. The maximum absolute atomic E-state index is 5.92. The van der Waals surface area contributed by atoms with Gasteiger partial charge in [-0.1, -0.05) is 6.92 Å². The SMILES string of the molecule is CCC(C)(CCl)Nc1cnc(C)c(C)n1. The second kappa shape index (κ2) is 4.79. The fraction of sp³-hybridized carbons (Fsp3) is 0.636. The van der Waals surface area contributed by atoms with Gasteiger partial charge in [0.15, 0.2) is 0 Å². The standard InChI is InChI=1S/C11H18ClN3/c1-5-11(4,7-12)15-10-6-13-8(2)9(3)14-10/h6H,5,7H2,1-4H3,(H,14,15). The van der Waals surface area contributed by atoms with Gasteiger partial charge < -0.3 is 5.32 Å². The maximum atomic E-state index is 5.92. The molecule has 1 atom stereocenters. The number of rotatable bonds is 4. The van der Waals surface area contributed by atoms with Crippen molar-refractivity contribution in [3.05, 3.63) is 17.6 Å². The zero-order chi connectivity index (χ0) is 11.5. The van der Waals surface area contributed by atoms with Crippen LogP contribution in [0.5, 0.6) is 0 Å². The molecular formula is C11H18ClN3. The quantitative estimate of drug-likeness (QED) is 0.804.